The van der Waals surface area contributed by atoms with Crippen LogP contribution in [0.2, 0.25) is 0 Å². The third-order valence-corrected chi connectivity index (χ3v) is 0.878. The molecule has 0 bridgehead atoms. The molecule has 0 radical (unpaired) electrons. The molecular weight excluding hydrogens is 98.1 g/mol. The van der Waals surface area contributed by atoms with Crippen LogP contribution >= 0.6 is 0 Å². The lowest BCUT2D eigenvalue weighted by atomic mass is 10.4. The average molecular weight is 105 g/mol. The Labute approximate surface area is 49.4 Å². The highest BCUT2D eigenvalue weighted by Gasteiger charge is 1.80. The highest BCUT2D eigenvalue weighted by atomic mass is 14.7. The van der Waals surface area contributed by atoms with Crippen LogP contribution in [-0.2, 0) is 0 Å². The maximum absolute atomic E-state index is 4.09. The van der Waals surface area contributed by atoms with Gasteiger partial charge in [-0.3, -0.25) is 0 Å². The van der Waals surface area contributed by atoms with Gasteiger partial charge >= 0.3 is 0 Å². The van der Waals surface area contributed by atoms with Gasteiger partial charge in [0.2, 0.25) is 0 Å². The molecule has 0 unspecified atom stereocenters. The van der Waals surface area contributed by atoms with E-state index in [1.165, 1.54) is 0 Å². The average Bonchev–Trinajstić information content (AvgIpc) is 1.64. The molecule has 0 saturated carbocycles. The van der Waals surface area contributed by atoms with Crippen molar-refractivity contribution in [2.24, 2.45) is 0 Å². The minimum absolute atomic E-state index is 0.907. The van der Waals surface area contributed by atoms with Crippen LogP contribution in [-0.4, -0.2) is 4.98 Å². The quantitative estimate of drug-likeness (QED) is 0.484. The summed E-state index contributed by atoms with van der Waals surface area (Å²) in [6.45, 7) is 3.85. The van der Waals surface area contributed by atoms with Crippen molar-refractivity contribution in [1.82, 2.24) is 4.98 Å². The SMILES string of the molecule is Cc1c#ccc(C)n1. The number of aromatic nitrogens is 1. The van der Waals surface area contributed by atoms with Crippen LogP contribution in [0.4, 0.5) is 0 Å². The fourth-order valence-electron chi connectivity index (χ4n) is 0.570. The smallest absolute Gasteiger partial charge is 0.0875 e. The first-order valence-corrected chi connectivity index (χ1v) is 2.52. The van der Waals surface area contributed by atoms with Crippen LogP contribution in [0, 0.1) is 26.0 Å². The van der Waals surface area contributed by atoms with Gasteiger partial charge in [0.05, 0.1) is 5.69 Å². The van der Waals surface area contributed by atoms with E-state index in [-0.39, 0.29) is 0 Å². The van der Waals surface area contributed by atoms with Crippen LogP contribution in [0.25, 0.3) is 0 Å². The predicted octanol–water partition coefficient (Wildman–Crippen LogP) is 1.30. The monoisotopic (exact) mass is 105 g/mol. The number of rotatable bonds is 0. The van der Waals surface area contributed by atoms with Crippen molar-refractivity contribution in [1.29, 1.82) is 0 Å². The van der Waals surface area contributed by atoms with Gasteiger partial charge in [-0.1, -0.05) is 6.07 Å². The molecule has 40 valence electrons. The molecule has 1 heteroatoms. The number of hydrogen-bond donors (Lipinski definition) is 0. The molecule has 0 spiro atoms. The molecule has 0 N–H and O–H groups in total. The van der Waals surface area contributed by atoms with Gasteiger partial charge in [-0.2, -0.15) is 0 Å². The zero-order valence-corrected chi connectivity index (χ0v) is 5.02. The highest BCUT2D eigenvalue weighted by Crippen LogP contribution is 1.87. The Morgan fingerprint density at radius 3 is 2.62 bits per heavy atom. The molecule has 1 aromatic heterocycles. The third-order valence-electron chi connectivity index (χ3n) is 0.878. The topological polar surface area (TPSA) is 12.9 Å². The summed E-state index contributed by atoms with van der Waals surface area (Å²) in [5.74, 6) is 0. The summed E-state index contributed by atoms with van der Waals surface area (Å²) in [6, 6.07) is 7.49. The van der Waals surface area contributed by atoms with Crippen molar-refractivity contribution in [3.05, 3.63) is 29.6 Å². The van der Waals surface area contributed by atoms with E-state index in [0.29, 0.717) is 0 Å². The Balaban J connectivity index is 3.08. The minimum atomic E-state index is 0.907. The molecule has 0 saturated heterocycles. The zero-order valence-electron chi connectivity index (χ0n) is 5.02. The van der Waals surface area contributed by atoms with Gasteiger partial charge < -0.3 is 0 Å². The second kappa shape index (κ2) is 1.83. The van der Waals surface area contributed by atoms with E-state index >= 15 is 0 Å². The van der Waals surface area contributed by atoms with Gasteiger partial charge in [-0.15, -0.1) is 0 Å². The van der Waals surface area contributed by atoms with Crippen LogP contribution in [0.15, 0.2) is 6.07 Å². The van der Waals surface area contributed by atoms with Crippen molar-refractivity contribution >= 4 is 0 Å². The maximum atomic E-state index is 4.09. The molecule has 0 amide bonds. The lowest BCUT2D eigenvalue weighted by Crippen LogP contribution is -1.79. The zero-order chi connectivity index (χ0) is 5.98. The first-order chi connectivity index (χ1) is 3.79. The van der Waals surface area contributed by atoms with E-state index in [4.69, 9.17) is 0 Å². The first-order valence-electron chi connectivity index (χ1n) is 2.52. The normalized spacial score (nSPS) is 8.25. The van der Waals surface area contributed by atoms with E-state index in [2.05, 4.69) is 17.1 Å². The number of aryl methyl sites for hydroxylation is 2. The third kappa shape index (κ3) is 0.974. The number of nitrogens with zero attached hydrogens (tertiary/aromatic N) is 1. The van der Waals surface area contributed by atoms with Crippen LogP contribution in [0.1, 0.15) is 11.4 Å². The molecule has 0 aliphatic carbocycles. The molecule has 1 aromatic rings. The van der Waals surface area contributed by atoms with Gasteiger partial charge in [-0.05, 0) is 19.9 Å². The summed E-state index contributed by atoms with van der Waals surface area (Å²) >= 11 is 0. The van der Waals surface area contributed by atoms with Gasteiger partial charge in [0.25, 0.3) is 0 Å². The second-order valence-electron chi connectivity index (χ2n) is 1.75. The molecular formula is C7H7N. The summed E-state index contributed by atoms with van der Waals surface area (Å²) in [7, 11) is 0. The molecule has 8 heavy (non-hydrogen) atoms. The largest absolute Gasteiger partial charge is 0.249 e. The molecule has 0 aromatic carbocycles. The maximum Gasteiger partial charge on any atom is 0.0875 e. The summed E-state index contributed by atoms with van der Waals surface area (Å²) in [6.07, 6.45) is 0. The first kappa shape index (κ1) is 5.11. The summed E-state index contributed by atoms with van der Waals surface area (Å²) < 4.78 is 0. The Morgan fingerprint density at radius 1 is 1.50 bits per heavy atom. The Morgan fingerprint density at radius 2 is 2.25 bits per heavy atom. The van der Waals surface area contributed by atoms with Gasteiger partial charge in [0, 0.05) is 11.8 Å². The molecule has 1 rings (SSSR count). The van der Waals surface area contributed by atoms with Crippen molar-refractivity contribution in [3.8, 4) is 0 Å². The lowest BCUT2D eigenvalue weighted by molar-refractivity contribution is 1.13. The van der Waals surface area contributed by atoms with E-state index < -0.39 is 0 Å². The molecule has 1 heterocycles. The van der Waals surface area contributed by atoms with E-state index in [0.717, 1.165) is 11.4 Å². The minimum Gasteiger partial charge on any atom is -0.249 e. The Bertz CT molecular complexity index is 164. The van der Waals surface area contributed by atoms with Gasteiger partial charge in [-0.25, -0.2) is 4.98 Å². The predicted molar refractivity (Wildman–Crippen MR) is 31.4 cm³/mol. The summed E-state index contributed by atoms with van der Waals surface area (Å²) in [4.78, 5) is 4.09. The molecule has 0 atom stereocenters. The summed E-state index contributed by atoms with van der Waals surface area (Å²) in [5, 5.41) is 0. The van der Waals surface area contributed by atoms with E-state index in [1.807, 2.05) is 19.9 Å². The lowest BCUT2D eigenvalue weighted by Gasteiger charge is -1.84. The summed E-state index contributed by atoms with van der Waals surface area (Å²) in [5.41, 5.74) is 1.91. The van der Waals surface area contributed by atoms with E-state index in [1.54, 1.807) is 0 Å². The highest BCUT2D eigenvalue weighted by molar-refractivity contribution is 4.99. The standard InChI is InChI=1S/C7H7N/c1-6-4-3-5-7(2)8-6/h4H,1-2H3. The van der Waals surface area contributed by atoms with Gasteiger partial charge in [0.15, 0.2) is 0 Å². The molecule has 0 fully saturated rings. The molecule has 0 aliphatic rings. The number of hydrogen-bond acceptors (Lipinski definition) is 1. The van der Waals surface area contributed by atoms with Gasteiger partial charge in [0.1, 0.15) is 0 Å². The molecule has 1 nitrogen and oxygen atoms in total. The van der Waals surface area contributed by atoms with Crippen molar-refractivity contribution in [2.45, 2.75) is 13.8 Å². The van der Waals surface area contributed by atoms with E-state index in [9.17, 15) is 0 Å². The van der Waals surface area contributed by atoms with Crippen molar-refractivity contribution in [3.63, 3.8) is 0 Å². The van der Waals surface area contributed by atoms with Crippen LogP contribution < -0.4 is 0 Å². The Hall–Kier alpha value is -1.03. The fraction of sp³-hybridized carbons (Fsp3) is 0.286. The van der Waals surface area contributed by atoms with Crippen LogP contribution in [0.5, 0.6) is 0 Å². The van der Waals surface area contributed by atoms with Crippen molar-refractivity contribution in [2.75, 3.05) is 0 Å². The van der Waals surface area contributed by atoms with Crippen LogP contribution in [0.3, 0.4) is 0 Å². The van der Waals surface area contributed by atoms with Crippen molar-refractivity contribution < 1.29 is 0 Å². The Kier molecular flexibility index (Phi) is 1.17. The molecule has 0 aliphatic heterocycles. The fourth-order valence-corrected chi connectivity index (χ4v) is 0.570. The second-order valence-corrected chi connectivity index (χ2v) is 1.75.